The maximum Gasteiger partial charge on any atom is 0.416 e. The zero-order chi connectivity index (χ0) is 24.9. The van der Waals surface area contributed by atoms with Crippen molar-refractivity contribution in [3.05, 3.63) is 58.0 Å². The summed E-state index contributed by atoms with van der Waals surface area (Å²) in [6, 6.07) is 9.31. The van der Waals surface area contributed by atoms with Crippen LogP contribution >= 0.6 is 11.3 Å². The average molecular weight is 495 g/mol. The zero-order valence-electron chi connectivity index (χ0n) is 19.5. The fourth-order valence-corrected chi connectivity index (χ4v) is 5.51. The average Bonchev–Trinajstić information content (AvgIpc) is 3.12. The Morgan fingerprint density at radius 3 is 2.50 bits per heavy atom. The van der Waals surface area contributed by atoms with Gasteiger partial charge in [-0.15, -0.1) is 11.3 Å². The highest BCUT2D eigenvalue weighted by atomic mass is 32.1. The van der Waals surface area contributed by atoms with E-state index in [-0.39, 0.29) is 5.92 Å². The van der Waals surface area contributed by atoms with Crippen molar-refractivity contribution in [1.82, 2.24) is 0 Å². The molecule has 1 atom stereocenters. The SMILES string of the molecule is CCCC(CCOc1ccc(OCC(=O)O)c(CC)c1)c1sc2cc(C(F)(F)F)ccc2c1C. The Hall–Kier alpha value is -2.74. The van der Waals surface area contributed by atoms with Crippen LogP contribution in [0, 0.1) is 6.92 Å². The molecule has 0 spiro atoms. The van der Waals surface area contributed by atoms with E-state index in [0.717, 1.165) is 46.7 Å². The van der Waals surface area contributed by atoms with Gasteiger partial charge in [-0.05, 0) is 78.9 Å². The van der Waals surface area contributed by atoms with E-state index in [4.69, 9.17) is 14.6 Å². The van der Waals surface area contributed by atoms with Crippen LogP contribution in [0.15, 0.2) is 36.4 Å². The van der Waals surface area contributed by atoms with Crippen LogP contribution in [0.25, 0.3) is 10.1 Å². The van der Waals surface area contributed by atoms with Gasteiger partial charge in [0, 0.05) is 9.58 Å². The van der Waals surface area contributed by atoms with E-state index >= 15 is 0 Å². The quantitative estimate of drug-likeness (QED) is 0.298. The predicted octanol–water partition coefficient (Wildman–Crippen LogP) is 7.61. The number of carbonyl (C=O) groups is 1. The lowest BCUT2D eigenvalue weighted by Crippen LogP contribution is -2.10. The number of aliphatic carboxylic acids is 1. The molecule has 2 aromatic carbocycles. The summed E-state index contributed by atoms with van der Waals surface area (Å²) in [6.07, 6.45) is -1.06. The van der Waals surface area contributed by atoms with E-state index in [1.807, 2.05) is 19.9 Å². The molecule has 0 aliphatic rings. The Balaban J connectivity index is 1.73. The summed E-state index contributed by atoms with van der Waals surface area (Å²) in [5.74, 6) is 0.369. The summed E-state index contributed by atoms with van der Waals surface area (Å²) in [5, 5.41) is 9.69. The van der Waals surface area contributed by atoms with Crippen LogP contribution in [0.5, 0.6) is 11.5 Å². The Kier molecular flexibility index (Phi) is 8.47. The first kappa shape index (κ1) is 25.9. The lowest BCUT2D eigenvalue weighted by molar-refractivity contribution is -0.139. The van der Waals surface area contributed by atoms with Crippen molar-refractivity contribution in [2.45, 2.75) is 58.5 Å². The van der Waals surface area contributed by atoms with Crippen LogP contribution in [-0.4, -0.2) is 24.3 Å². The van der Waals surface area contributed by atoms with Gasteiger partial charge in [-0.3, -0.25) is 0 Å². The van der Waals surface area contributed by atoms with E-state index in [0.29, 0.717) is 29.2 Å². The molecule has 0 radical (unpaired) electrons. The Morgan fingerprint density at radius 2 is 1.85 bits per heavy atom. The van der Waals surface area contributed by atoms with Crippen LogP contribution in [-0.2, 0) is 17.4 Å². The number of fused-ring (bicyclic) bond motifs is 1. The maximum absolute atomic E-state index is 13.1. The topological polar surface area (TPSA) is 55.8 Å². The van der Waals surface area contributed by atoms with Gasteiger partial charge in [0.05, 0.1) is 12.2 Å². The monoisotopic (exact) mass is 494 g/mol. The summed E-state index contributed by atoms with van der Waals surface area (Å²) in [5.41, 5.74) is 1.29. The number of aryl methyl sites for hydroxylation is 2. The molecule has 3 aromatic rings. The number of benzene rings is 2. The molecular formula is C26H29F3O4S. The van der Waals surface area contributed by atoms with Crippen molar-refractivity contribution in [2.75, 3.05) is 13.2 Å². The summed E-state index contributed by atoms with van der Waals surface area (Å²) in [4.78, 5) is 11.9. The van der Waals surface area contributed by atoms with Crippen molar-refractivity contribution < 1.29 is 32.5 Å². The molecule has 0 amide bonds. The van der Waals surface area contributed by atoms with Gasteiger partial charge in [-0.2, -0.15) is 13.2 Å². The molecule has 0 aliphatic carbocycles. The van der Waals surface area contributed by atoms with E-state index in [2.05, 4.69) is 6.92 Å². The molecule has 34 heavy (non-hydrogen) atoms. The van der Waals surface area contributed by atoms with Crippen LogP contribution in [0.3, 0.4) is 0 Å². The summed E-state index contributed by atoms with van der Waals surface area (Å²) in [7, 11) is 0. The Bertz CT molecular complexity index is 1140. The highest BCUT2D eigenvalue weighted by Crippen LogP contribution is 2.41. The highest BCUT2D eigenvalue weighted by Gasteiger charge is 2.31. The number of halogens is 3. The Labute approximate surface area is 201 Å². The van der Waals surface area contributed by atoms with Gasteiger partial charge >= 0.3 is 12.1 Å². The molecular weight excluding hydrogens is 465 g/mol. The standard InChI is InChI=1S/C26H29F3O4S/c1-4-6-18(25-16(3)21-9-7-19(26(27,28)29)14-23(21)34-25)11-12-32-20-8-10-22(17(5-2)13-20)33-15-24(30)31/h7-10,13-14,18H,4-6,11-12,15H2,1-3H3,(H,30,31). The van der Waals surface area contributed by atoms with Gasteiger partial charge < -0.3 is 14.6 Å². The van der Waals surface area contributed by atoms with Gasteiger partial charge in [0.2, 0.25) is 0 Å². The first-order valence-electron chi connectivity index (χ1n) is 11.3. The van der Waals surface area contributed by atoms with Crippen LogP contribution in [0.1, 0.15) is 60.6 Å². The number of carboxylic acid groups (broad SMARTS) is 1. The normalized spacial score (nSPS) is 12.6. The summed E-state index contributed by atoms with van der Waals surface area (Å²) in [6.45, 7) is 6.10. The third-order valence-electron chi connectivity index (χ3n) is 5.81. The lowest BCUT2D eigenvalue weighted by Gasteiger charge is -2.17. The molecule has 0 aliphatic heterocycles. The zero-order valence-corrected chi connectivity index (χ0v) is 20.3. The van der Waals surface area contributed by atoms with Gasteiger partial charge in [0.25, 0.3) is 0 Å². The van der Waals surface area contributed by atoms with Crippen molar-refractivity contribution in [3.63, 3.8) is 0 Å². The van der Waals surface area contributed by atoms with E-state index in [9.17, 15) is 18.0 Å². The second kappa shape index (κ2) is 11.1. The third kappa shape index (κ3) is 6.23. The van der Waals surface area contributed by atoms with Gasteiger partial charge in [0.15, 0.2) is 6.61 Å². The third-order valence-corrected chi connectivity index (χ3v) is 7.23. The molecule has 8 heteroatoms. The molecule has 1 unspecified atom stereocenters. The molecule has 4 nitrogen and oxygen atoms in total. The number of hydrogen-bond donors (Lipinski definition) is 1. The van der Waals surface area contributed by atoms with Gasteiger partial charge in [0.1, 0.15) is 11.5 Å². The molecule has 0 fully saturated rings. The van der Waals surface area contributed by atoms with E-state index in [1.165, 1.54) is 17.4 Å². The first-order chi connectivity index (χ1) is 16.1. The minimum atomic E-state index is -4.35. The fourth-order valence-electron chi connectivity index (χ4n) is 4.09. The van der Waals surface area contributed by atoms with E-state index < -0.39 is 24.3 Å². The minimum Gasteiger partial charge on any atom is -0.494 e. The number of rotatable bonds is 11. The minimum absolute atomic E-state index is 0.195. The second-order valence-corrected chi connectivity index (χ2v) is 9.31. The molecule has 0 saturated heterocycles. The summed E-state index contributed by atoms with van der Waals surface area (Å²) >= 11 is 1.44. The molecule has 3 rings (SSSR count). The Morgan fingerprint density at radius 1 is 1.09 bits per heavy atom. The van der Waals surface area contributed by atoms with Crippen LogP contribution in [0.2, 0.25) is 0 Å². The lowest BCUT2D eigenvalue weighted by atomic mass is 9.95. The van der Waals surface area contributed by atoms with Crippen molar-refractivity contribution in [2.24, 2.45) is 0 Å². The van der Waals surface area contributed by atoms with Crippen molar-refractivity contribution in [3.8, 4) is 11.5 Å². The molecule has 1 N–H and O–H groups in total. The van der Waals surface area contributed by atoms with Crippen molar-refractivity contribution in [1.29, 1.82) is 0 Å². The van der Waals surface area contributed by atoms with Crippen molar-refractivity contribution >= 4 is 27.4 Å². The van der Waals surface area contributed by atoms with E-state index in [1.54, 1.807) is 18.2 Å². The number of thiophene rings is 1. The number of carboxylic acids is 1. The number of ether oxygens (including phenoxy) is 2. The highest BCUT2D eigenvalue weighted by molar-refractivity contribution is 7.19. The largest absolute Gasteiger partial charge is 0.494 e. The molecule has 0 saturated carbocycles. The molecule has 1 heterocycles. The molecule has 184 valence electrons. The summed E-state index contributed by atoms with van der Waals surface area (Å²) < 4.78 is 51.4. The predicted molar refractivity (Wildman–Crippen MR) is 128 cm³/mol. The fraction of sp³-hybridized carbons (Fsp3) is 0.423. The smallest absolute Gasteiger partial charge is 0.416 e. The number of hydrogen-bond acceptors (Lipinski definition) is 4. The van der Waals surface area contributed by atoms with Gasteiger partial charge in [-0.1, -0.05) is 26.3 Å². The molecule has 1 aromatic heterocycles. The first-order valence-corrected chi connectivity index (χ1v) is 12.2. The second-order valence-electron chi connectivity index (χ2n) is 8.23. The van der Waals surface area contributed by atoms with Gasteiger partial charge in [-0.25, -0.2) is 4.79 Å². The van der Waals surface area contributed by atoms with Crippen LogP contribution in [0.4, 0.5) is 13.2 Å². The maximum atomic E-state index is 13.1. The number of alkyl halides is 3. The molecule has 0 bridgehead atoms. The van der Waals surface area contributed by atoms with Crippen LogP contribution < -0.4 is 9.47 Å².